The van der Waals surface area contributed by atoms with Gasteiger partial charge in [0.15, 0.2) is 0 Å². The van der Waals surface area contributed by atoms with Crippen LogP contribution in [0, 0.1) is 6.92 Å². The van der Waals surface area contributed by atoms with Gasteiger partial charge in [-0.3, -0.25) is 4.79 Å². The minimum Gasteiger partial charge on any atom is -0.465 e. The van der Waals surface area contributed by atoms with E-state index in [4.69, 9.17) is 13.6 Å². The lowest BCUT2D eigenvalue weighted by atomic mass is 10.1. The standard InChI is InChI=1S/C26H27NO4S/c1-4-29-26(28)24(32-5-2)14-18-11-12-23-20(13-18)15-21(31-23)16-22-17(3)30-25(27-22)19-9-7-6-8-10-19/h6-13,15,24H,4-5,14,16H2,1-3H3. The first-order valence-electron chi connectivity index (χ1n) is 10.9. The number of carbonyl (C=O) groups excluding carboxylic acids is 1. The number of carbonyl (C=O) groups is 1. The number of ether oxygens (including phenoxy) is 1. The van der Waals surface area contributed by atoms with Crippen molar-refractivity contribution in [2.75, 3.05) is 12.4 Å². The van der Waals surface area contributed by atoms with Crippen LogP contribution in [0.5, 0.6) is 0 Å². The summed E-state index contributed by atoms with van der Waals surface area (Å²) < 4.78 is 17.2. The van der Waals surface area contributed by atoms with E-state index in [2.05, 4.69) is 18.0 Å². The predicted octanol–water partition coefficient (Wildman–Crippen LogP) is 6.21. The Hall–Kier alpha value is -2.99. The molecule has 0 aliphatic heterocycles. The average molecular weight is 450 g/mol. The van der Waals surface area contributed by atoms with E-state index in [0.29, 0.717) is 25.3 Å². The van der Waals surface area contributed by atoms with Crippen LogP contribution in [0.4, 0.5) is 0 Å². The van der Waals surface area contributed by atoms with Crippen molar-refractivity contribution in [3.8, 4) is 11.5 Å². The second kappa shape index (κ2) is 10.1. The van der Waals surface area contributed by atoms with Gasteiger partial charge in [0, 0.05) is 10.9 Å². The van der Waals surface area contributed by atoms with E-state index in [9.17, 15) is 4.79 Å². The first-order chi connectivity index (χ1) is 15.6. The largest absolute Gasteiger partial charge is 0.465 e. The summed E-state index contributed by atoms with van der Waals surface area (Å²) in [5, 5.41) is 0.823. The first-order valence-corrected chi connectivity index (χ1v) is 11.9. The molecule has 0 spiro atoms. The fourth-order valence-corrected chi connectivity index (χ4v) is 4.60. The van der Waals surface area contributed by atoms with E-state index < -0.39 is 0 Å². The lowest BCUT2D eigenvalue weighted by Gasteiger charge is -2.14. The zero-order chi connectivity index (χ0) is 22.5. The second-order valence-corrected chi connectivity index (χ2v) is 9.03. The molecule has 0 aliphatic carbocycles. The van der Waals surface area contributed by atoms with Crippen molar-refractivity contribution < 1.29 is 18.4 Å². The van der Waals surface area contributed by atoms with Crippen LogP contribution in [0.2, 0.25) is 0 Å². The number of fused-ring (bicyclic) bond motifs is 1. The summed E-state index contributed by atoms with van der Waals surface area (Å²) in [7, 11) is 0. The topological polar surface area (TPSA) is 65.5 Å². The van der Waals surface area contributed by atoms with Gasteiger partial charge in [0.2, 0.25) is 5.89 Å². The van der Waals surface area contributed by atoms with Crippen molar-refractivity contribution in [3.05, 3.63) is 77.4 Å². The summed E-state index contributed by atoms with van der Waals surface area (Å²) in [5.74, 6) is 2.96. The molecule has 1 unspecified atom stereocenters. The Morgan fingerprint density at radius 3 is 2.66 bits per heavy atom. The molecule has 4 rings (SSSR count). The smallest absolute Gasteiger partial charge is 0.319 e. The summed E-state index contributed by atoms with van der Waals surface area (Å²) in [6.45, 7) is 6.22. The number of furan rings is 1. The zero-order valence-corrected chi connectivity index (χ0v) is 19.4. The molecule has 6 heteroatoms. The molecular formula is C26H27NO4S. The minimum atomic E-state index is -0.196. The van der Waals surface area contributed by atoms with Gasteiger partial charge in [-0.2, -0.15) is 0 Å². The van der Waals surface area contributed by atoms with E-state index in [1.165, 1.54) is 0 Å². The van der Waals surface area contributed by atoms with Gasteiger partial charge in [0.1, 0.15) is 22.4 Å². The number of nitrogens with zero attached hydrogens (tertiary/aromatic N) is 1. The molecule has 1 atom stereocenters. The molecule has 0 radical (unpaired) electrons. The van der Waals surface area contributed by atoms with Crippen LogP contribution >= 0.6 is 11.8 Å². The SMILES string of the molecule is CCOC(=O)C(Cc1ccc2oc(Cc3nc(-c4ccccc4)oc3C)cc2c1)SCC. The number of esters is 1. The van der Waals surface area contributed by atoms with Crippen LogP contribution in [0.25, 0.3) is 22.4 Å². The highest BCUT2D eigenvalue weighted by Crippen LogP contribution is 2.27. The first kappa shape index (κ1) is 22.2. The molecule has 0 aliphatic rings. The van der Waals surface area contributed by atoms with Gasteiger partial charge in [-0.15, -0.1) is 11.8 Å². The quantitative estimate of drug-likeness (QED) is 0.283. The van der Waals surface area contributed by atoms with Crippen LogP contribution in [0.1, 0.15) is 36.6 Å². The molecule has 0 fully saturated rings. The fourth-order valence-electron chi connectivity index (χ4n) is 3.68. The van der Waals surface area contributed by atoms with Gasteiger partial charge in [-0.25, -0.2) is 4.98 Å². The maximum absolute atomic E-state index is 12.3. The molecule has 0 saturated heterocycles. The van der Waals surface area contributed by atoms with Crippen molar-refractivity contribution in [2.24, 2.45) is 0 Å². The van der Waals surface area contributed by atoms with Gasteiger partial charge in [-0.05, 0) is 61.9 Å². The lowest BCUT2D eigenvalue weighted by Crippen LogP contribution is -2.23. The summed E-state index contributed by atoms with van der Waals surface area (Å²) >= 11 is 1.62. The van der Waals surface area contributed by atoms with Crippen molar-refractivity contribution >= 4 is 28.7 Å². The molecule has 166 valence electrons. The summed E-state index contributed by atoms with van der Waals surface area (Å²) in [6, 6.07) is 18.0. The highest BCUT2D eigenvalue weighted by molar-refractivity contribution is 8.00. The maximum Gasteiger partial charge on any atom is 0.319 e. The third kappa shape index (κ3) is 5.07. The number of oxazole rings is 1. The van der Waals surface area contributed by atoms with Gasteiger partial charge in [0.05, 0.1) is 18.7 Å². The van der Waals surface area contributed by atoms with Gasteiger partial charge >= 0.3 is 5.97 Å². The molecule has 2 aromatic carbocycles. The zero-order valence-electron chi connectivity index (χ0n) is 18.6. The molecule has 0 amide bonds. The molecule has 2 heterocycles. The summed E-state index contributed by atoms with van der Waals surface area (Å²) in [6.07, 6.45) is 1.19. The van der Waals surface area contributed by atoms with Crippen LogP contribution in [0.15, 0.2) is 63.4 Å². The number of aryl methyl sites for hydroxylation is 1. The number of hydrogen-bond acceptors (Lipinski definition) is 6. The molecule has 0 saturated carbocycles. The number of aromatic nitrogens is 1. The van der Waals surface area contributed by atoms with E-state index in [1.54, 1.807) is 11.8 Å². The molecule has 2 aromatic heterocycles. The molecule has 32 heavy (non-hydrogen) atoms. The Kier molecular flexibility index (Phi) is 7.00. The highest BCUT2D eigenvalue weighted by Gasteiger charge is 2.21. The predicted molar refractivity (Wildman–Crippen MR) is 128 cm³/mol. The van der Waals surface area contributed by atoms with Gasteiger partial charge < -0.3 is 13.6 Å². The molecular weight excluding hydrogens is 422 g/mol. The maximum atomic E-state index is 12.3. The molecule has 4 aromatic rings. The van der Waals surface area contributed by atoms with Crippen LogP contribution in [0.3, 0.4) is 0 Å². The van der Waals surface area contributed by atoms with Crippen molar-refractivity contribution in [1.82, 2.24) is 4.98 Å². The third-order valence-electron chi connectivity index (χ3n) is 5.23. The van der Waals surface area contributed by atoms with Gasteiger partial charge in [-0.1, -0.05) is 31.2 Å². The lowest BCUT2D eigenvalue weighted by molar-refractivity contribution is -0.142. The molecule has 5 nitrogen and oxygen atoms in total. The van der Waals surface area contributed by atoms with E-state index in [0.717, 1.165) is 45.1 Å². The average Bonchev–Trinajstić information content (AvgIpc) is 3.37. The Morgan fingerprint density at radius 2 is 1.91 bits per heavy atom. The molecule has 0 N–H and O–H groups in total. The number of thioether (sulfide) groups is 1. The number of hydrogen-bond donors (Lipinski definition) is 0. The van der Waals surface area contributed by atoms with Crippen LogP contribution in [-0.4, -0.2) is 28.6 Å². The van der Waals surface area contributed by atoms with Crippen LogP contribution in [-0.2, 0) is 22.4 Å². The van der Waals surface area contributed by atoms with Crippen molar-refractivity contribution in [2.45, 2.75) is 38.9 Å². The normalized spacial score (nSPS) is 12.2. The highest BCUT2D eigenvalue weighted by atomic mass is 32.2. The Morgan fingerprint density at radius 1 is 1.09 bits per heavy atom. The number of benzene rings is 2. The Balaban J connectivity index is 1.52. The van der Waals surface area contributed by atoms with Crippen molar-refractivity contribution in [3.63, 3.8) is 0 Å². The third-order valence-corrected chi connectivity index (χ3v) is 6.32. The van der Waals surface area contributed by atoms with E-state index in [1.807, 2.05) is 62.4 Å². The second-order valence-electron chi connectivity index (χ2n) is 7.55. The van der Waals surface area contributed by atoms with Crippen molar-refractivity contribution in [1.29, 1.82) is 0 Å². The Bertz CT molecular complexity index is 1200. The fraction of sp³-hybridized carbons (Fsp3) is 0.308. The minimum absolute atomic E-state index is 0.150. The summed E-state index contributed by atoms with van der Waals surface area (Å²) in [5.41, 5.74) is 3.74. The Labute approximate surface area is 192 Å². The molecule has 0 bridgehead atoms. The monoisotopic (exact) mass is 449 g/mol. The van der Waals surface area contributed by atoms with E-state index >= 15 is 0 Å². The van der Waals surface area contributed by atoms with E-state index in [-0.39, 0.29) is 11.2 Å². The summed E-state index contributed by atoms with van der Waals surface area (Å²) in [4.78, 5) is 16.9. The van der Waals surface area contributed by atoms with Crippen LogP contribution < -0.4 is 0 Å². The van der Waals surface area contributed by atoms with Gasteiger partial charge in [0.25, 0.3) is 0 Å². The number of rotatable bonds is 9.